The van der Waals surface area contributed by atoms with Gasteiger partial charge < -0.3 is 20.5 Å². The first-order chi connectivity index (χ1) is 17.2. The number of carbonyl (C=O) groups excluding carboxylic acids is 1. The van der Waals surface area contributed by atoms with Crippen molar-refractivity contribution in [3.63, 3.8) is 0 Å². The zero-order valence-electron chi connectivity index (χ0n) is 20.2. The number of fused-ring (bicyclic) bond motifs is 1. The van der Waals surface area contributed by atoms with Gasteiger partial charge in [0.15, 0.2) is 0 Å². The maximum absolute atomic E-state index is 12.3. The fraction of sp³-hybridized carbons (Fsp3) is 0.300. The van der Waals surface area contributed by atoms with E-state index in [0.29, 0.717) is 12.5 Å². The summed E-state index contributed by atoms with van der Waals surface area (Å²) in [6.07, 6.45) is 6.73. The molecule has 5 nitrogen and oxygen atoms in total. The molecule has 1 amide bonds. The molecule has 0 aliphatic carbocycles. The van der Waals surface area contributed by atoms with Crippen LogP contribution in [-0.2, 0) is 17.6 Å². The van der Waals surface area contributed by atoms with Gasteiger partial charge in [0.1, 0.15) is 0 Å². The van der Waals surface area contributed by atoms with E-state index in [9.17, 15) is 4.79 Å². The summed E-state index contributed by atoms with van der Waals surface area (Å²) in [5.74, 6) is 0.0566. The number of nitrogens with one attached hydrogen (secondary N) is 3. The second-order valence-corrected chi connectivity index (χ2v) is 9.41. The topological polar surface area (TPSA) is 60.2 Å². The minimum atomic E-state index is 0.0566. The minimum Gasteiger partial charge on any atom is -0.371 e. The number of benzene rings is 3. The number of nitrogens with zero attached hydrogens (tertiary/aromatic N) is 1. The highest BCUT2D eigenvalue weighted by Gasteiger charge is 2.19. The Balaban J connectivity index is 1.03. The Kier molecular flexibility index (Phi) is 7.44. The smallest absolute Gasteiger partial charge is 0.224 e. The molecule has 4 aromatic rings. The second-order valence-electron chi connectivity index (χ2n) is 9.41. The number of carbonyl (C=O) groups is 1. The van der Waals surface area contributed by atoms with E-state index in [4.69, 9.17) is 0 Å². The zero-order valence-corrected chi connectivity index (χ0v) is 20.2. The van der Waals surface area contributed by atoms with Gasteiger partial charge in [-0.15, -0.1) is 0 Å². The van der Waals surface area contributed by atoms with E-state index < -0.39 is 0 Å². The van der Waals surface area contributed by atoms with Crippen LogP contribution < -0.4 is 15.5 Å². The van der Waals surface area contributed by atoms with Gasteiger partial charge in [-0.2, -0.15) is 0 Å². The Hall–Kier alpha value is -3.57. The van der Waals surface area contributed by atoms with Crippen LogP contribution in [-0.4, -0.2) is 36.6 Å². The molecule has 1 fully saturated rings. The lowest BCUT2D eigenvalue weighted by Gasteiger charge is -2.34. The fourth-order valence-corrected chi connectivity index (χ4v) is 4.97. The van der Waals surface area contributed by atoms with Crippen molar-refractivity contribution in [3.05, 3.63) is 96.2 Å². The van der Waals surface area contributed by atoms with E-state index >= 15 is 0 Å². The largest absolute Gasteiger partial charge is 0.371 e. The van der Waals surface area contributed by atoms with Gasteiger partial charge in [-0.3, -0.25) is 4.79 Å². The first-order valence-corrected chi connectivity index (χ1v) is 12.7. The summed E-state index contributed by atoms with van der Waals surface area (Å²) in [6, 6.07) is 27.5. The van der Waals surface area contributed by atoms with Gasteiger partial charge in [-0.1, -0.05) is 48.5 Å². The number of H-pyrrole nitrogens is 1. The van der Waals surface area contributed by atoms with Crippen molar-refractivity contribution < 1.29 is 4.79 Å². The van der Waals surface area contributed by atoms with E-state index in [-0.39, 0.29) is 5.91 Å². The fourth-order valence-electron chi connectivity index (χ4n) is 4.97. The predicted molar refractivity (Wildman–Crippen MR) is 145 cm³/mol. The third-order valence-electron chi connectivity index (χ3n) is 7.00. The molecule has 0 atom stereocenters. The Morgan fingerprint density at radius 2 is 1.63 bits per heavy atom. The van der Waals surface area contributed by atoms with Crippen LogP contribution in [0.3, 0.4) is 0 Å². The van der Waals surface area contributed by atoms with Gasteiger partial charge in [0, 0.05) is 54.0 Å². The molecule has 0 unspecified atom stereocenters. The number of anilines is 2. The van der Waals surface area contributed by atoms with Crippen molar-refractivity contribution in [2.75, 3.05) is 29.9 Å². The molecule has 1 aromatic heterocycles. The molecule has 3 N–H and O–H groups in total. The highest BCUT2D eigenvalue weighted by Crippen LogP contribution is 2.23. The van der Waals surface area contributed by atoms with Gasteiger partial charge in [0.25, 0.3) is 0 Å². The lowest BCUT2D eigenvalue weighted by Crippen LogP contribution is -2.43. The minimum absolute atomic E-state index is 0.0566. The lowest BCUT2D eigenvalue weighted by atomic mass is 10.0. The molecule has 180 valence electrons. The molecule has 0 radical (unpaired) electrons. The van der Waals surface area contributed by atoms with Crippen LogP contribution in [0, 0.1) is 0 Å². The third kappa shape index (κ3) is 6.11. The Labute approximate surface area is 207 Å². The van der Waals surface area contributed by atoms with Crippen molar-refractivity contribution in [1.29, 1.82) is 0 Å². The third-order valence-corrected chi connectivity index (χ3v) is 7.00. The van der Waals surface area contributed by atoms with E-state index in [1.54, 1.807) is 0 Å². The number of amides is 1. The second kappa shape index (κ2) is 11.2. The first-order valence-electron chi connectivity index (χ1n) is 12.7. The van der Waals surface area contributed by atoms with Gasteiger partial charge in [-0.25, -0.2) is 0 Å². The molecular weight excluding hydrogens is 432 g/mol. The van der Waals surface area contributed by atoms with Crippen molar-refractivity contribution >= 4 is 28.2 Å². The Morgan fingerprint density at radius 1 is 0.886 bits per heavy atom. The molecule has 0 saturated carbocycles. The van der Waals surface area contributed by atoms with E-state index in [2.05, 4.69) is 75.2 Å². The molecular formula is C30H34N4O. The summed E-state index contributed by atoms with van der Waals surface area (Å²) in [6.45, 7) is 3.10. The monoisotopic (exact) mass is 466 g/mol. The normalized spacial score (nSPS) is 14.3. The summed E-state index contributed by atoms with van der Waals surface area (Å²) < 4.78 is 0. The summed E-state index contributed by atoms with van der Waals surface area (Å²) in [7, 11) is 0. The molecule has 0 spiro atoms. The molecule has 1 aliphatic heterocycles. The lowest BCUT2D eigenvalue weighted by molar-refractivity contribution is -0.116. The van der Waals surface area contributed by atoms with Gasteiger partial charge in [0.05, 0.1) is 0 Å². The van der Waals surface area contributed by atoms with Gasteiger partial charge >= 0.3 is 0 Å². The molecule has 5 heteroatoms. The van der Waals surface area contributed by atoms with E-state index in [0.717, 1.165) is 51.0 Å². The number of piperidine rings is 1. The molecule has 3 aromatic carbocycles. The van der Waals surface area contributed by atoms with Crippen LogP contribution in [0.5, 0.6) is 0 Å². The molecule has 0 bridgehead atoms. The number of hydrogen-bond acceptors (Lipinski definition) is 3. The maximum atomic E-state index is 12.3. The number of rotatable bonds is 9. The highest BCUT2D eigenvalue weighted by atomic mass is 16.1. The maximum Gasteiger partial charge on any atom is 0.224 e. The summed E-state index contributed by atoms with van der Waals surface area (Å²) >= 11 is 0. The van der Waals surface area contributed by atoms with Crippen molar-refractivity contribution in [2.45, 2.75) is 38.1 Å². The number of aryl methyl sites for hydroxylation is 1. The van der Waals surface area contributed by atoms with Crippen LogP contribution >= 0.6 is 0 Å². The summed E-state index contributed by atoms with van der Waals surface area (Å²) in [4.78, 5) is 18.1. The predicted octanol–water partition coefficient (Wildman–Crippen LogP) is 5.54. The van der Waals surface area contributed by atoms with Crippen molar-refractivity contribution in [2.24, 2.45) is 0 Å². The van der Waals surface area contributed by atoms with Crippen LogP contribution in [0.25, 0.3) is 10.9 Å². The number of hydrogen-bond donors (Lipinski definition) is 3. The summed E-state index contributed by atoms with van der Waals surface area (Å²) in [5.41, 5.74) is 5.88. The SMILES string of the molecule is O=C(CCc1ccccc1)Nc1ccc(N2CCC(NCCc3c[nH]c4ccccc34)CC2)cc1. The Morgan fingerprint density at radius 3 is 2.43 bits per heavy atom. The first kappa shape index (κ1) is 23.2. The average molecular weight is 467 g/mol. The number of aromatic nitrogens is 1. The molecule has 1 aliphatic rings. The molecule has 2 heterocycles. The molecule has 35 heavy (non-hydrogen) atoms. The zero-order chi connectivity index (χ0) is 23.9. The van der Waals surface area contributed by atoms with Crippen LogP contribution in [0.15, 0.2) is 85.1 Å². The molecule has 5 rings (SSSR count). The van der Waals surface area contributed by atoms with Crippen LogP contribution in [0.4, 0.5) is 11.4 Å². The number of para-hydroxylation sites is 1. The van der Waals surface area contributed by atoms with Crippen molar-refractivity contribution in [1.82, 2.24) is 10.3 Å². The summed E-state index contributed by atoms with van der Waals surface area (Å²) in [5, 5.41) is 8.12. The van der Waals surface area contributed by atoms with E-state index in [1.165, 1.54) is 27.7 Å². The van der Waals surface area contributed by atoms with Gasteiger partial charge in [0.2, 0.25) is 5.91 Å². The quantitative estimate of drug-likeness (QED) is 0.304. The molecule has 1 saturated heterocycles. The standard InChI is InChI=1S/C30H34N4O/c35-30(15-10-23-6-2-1-3-7-23)33-26-11-13-27(14-12-26)34-20-17-25(18-21-34)31-19-16-24-22-32-29-9-5-4-8-28(24)29/h1-9,11-14,22,25,31-32H,10,15-21H2,(H,33,35). The Bertz CT molecular complexity index is 1220. The van der Waals surface area contributed by atoms with E-state index in [1.807, 2.05) is 30.3 Å². The average Bonchev–Trinajstić information content (AvgIpc) is 3.32. The van der Waals surface area contributed by atoms with Crippen LogP contribution in [0.1, 0.15) is 30.4 Å². The van der Waals surface area contributed by atoms with Crippen molar-refractivity contribution in [3.8, 4) is 0 Å². The highest BCUT2D eigenvalue weighted by molar-refractivity contribution is 5.91. The van der Waals surface area contributed by atoms with Gasteiger partial charge in [-0.05, 0) is 73.7 Å². The van der Waals surface area contributed by atoms with Crippen LogP contribution in [0.2, 0.25) is 0 Å². The number of aromatic amines is 1.